The lowest BCUT2D eigenvalue weighted by Crippen LogP contribution is -2.06. The van der Waals surface area contributed by atoms with Gasteiger partial charge in [-0.2, -0.15) is 5.10 Å². The molecule has 1 aliphatic carbocycles. The summed E-state index contributed by atoms with van der Waals surface area (Å²) in [4.78, 5) is 15.5. The molecule has 0 saturated heterocycles. The number of H-pyrrole nitrogens is 1. The molecule has 92 valence electrons. The molecule has 0 fully saturated rings. The standard InChI is InChI=1S/C12H10IN3O2/c13-6-3-4-14-9(5-6)7-1-2-8-10(7)11(12(17)18)16-15-8/h3-5,7H,1-2H2,(H,15,16)(H,17,18). The average Bonchev–Trinajstić information content (AvgIpc) is 2.88. The zero-order chi connectivity index (χ0) is 12.7. The maximum atomic E-state index is 11.2. The molecular weight excluding hydrogens is 345 g/mol. The van der Waals surface area contributed by atoms with Crippen LogP contribution in [-0.2, 0) is 6.42 Å². The first-order chi connectivity index (χ1) is 8.66. The molecule has 0 radical (unpaired) electrons. The molecule has 3 rings (SSSR count). The quantitative estimate of drug-likeness (QED) is 0.810. The Morgan fingerprint density at radius 2 is 2.39 bits per heavy atom. The summed E-state index contributed by atoms with van der Waals surface area (Å²) in [5.74, 6) is -0.940. The first-order valence-corrected chi connectivity index (χ1v) is 6.66. The Balaban J connectivity index is 2.09. The predicted molar refractivity (Wildman–Crippen MR) is 72.7 cm³/mol. The monoisotopic (exact) mass is 355 g/mol. The van der Waals surface area contributed by atoms with Crippen LogP contribution in [0.25, 0.3) is 0 Å². The van der Waals surface area contributed by atoms with Gasteiger partial charge in [0.25, 0.3) is 0 Å². The van der Waals surface area contributed by atoms with Crippen molar-refractivity contribution in [3.8, 4) is 0 Å². The lowest BCUT2D eigenvalue weighted by Gasteiger charge is -2.10. The Morgan fingerprint density at radius 3 is 3.11 bits per heavy atom. The van der Waals surface area contributed by atoms with Crippen LogP contribution in [0.3, 0.4) is 0 Å². The molecule has 2 heterocycles. The molecule has 0 bridgehead atoms. The van der Waals surface area contributed by atoms with Crippen molar-refractivity contribution in [1.29, 1.82) is 0 Å². The minimum absolute atomic E-state index is 0.0413. The van der Waals surface area contributed by atoms with Crippen LogP contribution in [-0.4, -0.2) is 26.3 Å². The molecule has 18 heavy (non-hydrogen) atoms. The van der Waals surface area contributed by atoms with Gasteiger partial charge in [-0.1, -0.05) is 0 Å². The fourth-order valence-electron chi connectivity index (χ4n) is 2.46. The minimum atomic E-state index is -0.981. The lowest BCUT2D eigenvalue weighted by atomic mass is 9.97. The second-order valence-electron chi connectivity index (χ2n) is 4.26. The number of halogens is 1. The molecular formula is C12H10IN3O2. The van der Waals surface area contributed by atoms with E-state index < -0.39 is 5.97 Å². The molecule has 1 aliphatic rings. The van der Waals surface area contributed by atoms with Gasteiger partial charge in [-0.15, -0.1) is 0 Å². The predicted octanol–water partition coefficient (Wildman–Crippen LogP) is 2.19. The molecule has 1 atom stereocenters. The number of carboxylic acids is 1. The summed E-state index contributed by atoms with van der Waals surface area (Å²) < 4.78 is 1.10. The van der Waals surface area contributed by atoms with E-state index in [1.165, 1.54) is 0 Å². The molecule has 0 saturated carbocycles. The van der Waals surface area contributed by atoms with Crippen molar-refractivity contribution in [1.82, 2.24) is 15.2 Å². The van der Waals surface area contributed by atoms with Gasteiger partial charge in [0.15, 0.2) is 5.69 Å². The van der Waals surface area contributed by atoms with Gasteiger partial charge in [-0.05, 0) is 47.6 Å². The van der Waals surface area contributed by atoms with E-state index in [-0.39, 0.29) is 11.6 Å². The second-order valence-corrected chi connectivity index (χ2v) is 5.51. The van der Waals surface area contributed by atoms with Gasteiger partial charge in [-0.25, -0.2) is 4.79 Å². The van der Waals surface area contributed by atoms with Crippen molar-refractivity contribution in [2.45, 2.75) is 18.8 Å². The number of carbonyl (C=O) groups is 1. The molecule has 0 aliphatic heterocycles. The number of pyridine rings is 1. The first-order valence-electron chi connectivity index (χ1n) is 5.58. The van der Waals surface area contributed by atoms with Crippen LogP contribution in [0.5, 0.6) is 0 Å². The maximum absolute atomic E-state index is 11.2. The molecule has 6 heteroatoms. The first kappa shape index (κ1) is 11.6. The number of carboxylic acid groups (broad SMARTS) is 1. The molecule has 0 amide bonds. The van der Waals surface area contributed by atoms with Crippen LogP contribution < -0.4 is 0 Å². The van der Waals surface area contributed by atoms with Crippen molar-refractivity contribution in [3.63, 3.8) is 0 Å². The van der Waals surface area contributed by atoms with E-state index in [0.29, 0.717) is 0 Å². The Bertz CT molecular complexity index is 624. The SMILES string of the molecule is O=C(O)c1n[nH]c2c1C(c1cc(I)ccn1)CC2. The topological polar surface area (TPSA) is 78.9 Å². The van der Waals surface area contributed by atoms with Crippen LogP contribution in [0.4, 0.5) is 0 Å². The number of nitrogens with one attached hydrogen (secondary N) is 1. The smallest absolute Gasteiger partial charge is 0.356 e. The van der Waals surface area contributed by atoms with E-state index >= 15 is 0 Å². The molecule has 2 N–H and O–H groups in total. The zero-order valence-corrected chi connectivity index (χ0v) is 11.5. The van der Waals surface area contributed by atoms with E-state index in [1.807, 2.05) is 12.1 Å². The van der Waals surface area contributed by atoms with E-state index in [0.717, 1.165) is 33.4 Å². The highest BCUT2D eigenvalue weighted by atomic mass is 127. The Labute approximate surface area is 117 Å². The number of hydrogen-bond acceptors (Lipinski definition) is 3. The fourth-order valence-corrected chi connectivity index (χ4v) is 2.94. The second kappa shape index (κ2) is 4.34. The highest BCUT2D eigenvalue weighted by Crippen LogP contribution is 2.38. The third kappa shape index (κ3) is 1.80. The van der Waals surface area contributed by atoms with Crippen LogP contribution in [0.1, 0.15) is 39.8 Å². The summed E-state index contributed by atoms with van der Waals surface area (Å²) in [6, 6.07) is 3.92. The van der Waals surface area contributed by atoms with Gasteiger partial charge in [0.1, 0.15) is 0 Å². The Morgan fingerprint density at radius 1 is 1.56 bits per heavy atom. The van der Waals surface area contributed by atoms with Gasteiger partial charge in [0.2, 0.25) is 0 Å². The number of hydrogen-bond donors (Lipinski definition) is 2. The van der Waals surface area contributed by atoms with Gasteiger partial charge in [0, 0.05) is 32.6 Å². The molecule has 0 spiro atoms. The third-order valence-electron chi connectivity index (χ3n) is 3.22. The summed E-state index contributed by atoms with van der Waals surface area (Å²) in [6.45, 7) is 0. The van der Waals surface area contributed by atoms with E-state index in [9.17, 15) is 4.79 Å². The molecule has 0 aromatic carbocycles. The summed E-state index contributed by atoms with van der Waals surface area (Å²) >= 11 is 2.23. The zero-order valence-electron chi connectivity index (χ0n) is 9.35. The van der Waals surface area contributed by atoms with E-state index in [2.05, 4.69) is 37.8 Å². The van der Waals surface area contributed by atoms with Crippen molar-refractivity contribution in [2.75, 3.05) is 0 Å². The molecule has 2 aromatic heterocycles. The number of fused-ring (bicyclic) bond motifs is 1. The molecule has 2 aromatic rings. The van der Waals surface area contributed by atoms with Gasteiger partial charge >= 0.3 is 5.97 Å². The maximum Gasteiger partial charge on any atom is 0.356 e. The summed E-state index contributed by atoms with van der Waals surface area (Å²) in [7, 11) is 0. The average molecular weight is 355 g/mol. The van der Waals surface area contributed by atoms with Crippen molar-refractivity contribution in [2.24, 2.45) is 0 Å². The third-order valence-corrected chi connectivity index (χ3v) is 3.89. The van der Waals surface area contributed by atoms with Crippen LogP contribution in [0, 0.1) is 3.57 Å². The summed E-state index contributed by atoms with van der Waals surface area (Å²) in [6.07, 6.45) is 3.47. The number of aromatic amines is 1. The Kier molecular flexibility index (Phi) is 2.81. The summed E-state index contributed by atoms with van der Waals surface area (Å²) in [5.41, 5.74) is 2.78. The van der Waals surface area contributed by atoms with Crippen molar-refractivity contribution < 1.29 is 9.90 Å². The van der Waals surface area contributed by atoms with Crippen LogP contribution in [0.15, 0.2) is 18.3 Å². The van der Waals surface area contributed by atoms with E-state index in [4.69, 9.17) is 5.11 Å². The van der Waals surface area contributed by atoms with Gasteiger partial charge in [-0.3, -0.25) is 10.1 Å². The summed E-state index contributed by atoms with van der Waals surface area (Å²) in [5, 5.41) is 15.9. The van der Waals surface area contributed by atoms with Crippen LogP contribution >= 0.6 is 22.6 Å². The molecule has 1 unspecified atom stereocenters. The number of rotatable bonds is 2. The largest absolute Gasteiger partial charge is 0.476 e. The number of nitrogens with zero attached hydrogens (tertiary/aromatic N) is 2. The van der Waals surface area contributed by atoms with Crippen molar-refractivity contribution in [3.05, 3.63) is 44.5 Å². The fraction of sp³-hybridized carbons (Fsp3) is 0.250. The number of aryl methyl sites for hydroxylation is 1. The molecule has 5 nitrogen and oxygen atoms in total. The van der Waals surface area contributed by atoms with E-state index in [1.54, 1.807) is 6.20 Å². The Hall–Kier alpha value is -1.44. The highest BCUT2D eigenvalue weighted by Gasteiger charge is 2.32. The number of aromatic nitrogens is 3. The van der Waals surface area contributed by atoms with Crippen molar-refractivity contribution >= 4 is 28.6 Å². The van der Waals surface area contributed by atoms with Gasteiger partial charge in [0.05, 0.1) is 0 Å². The van der Waals surface area contributed by atoms with Gasteiger partial charge < -0.3 is 5.11 Å². The minimum Gasteiger partial charge on any atom is -0.476 e. The lowest BCUT2D eigenvalue weighted by molar-refractivity contribution is 0.0689. The van der Waals surface area contributed by atoms with Crippen LogP contribution in [0.2, 0.25) is 0 Å². The number of aromatic carboxylic acids is 1. The highest BCUT2D eigenvalue weighted by molar-refractivity contribution is 14.1. The normalized spacial score (nSPS) is 17.7.